The van der Waals surface area contributed by atoms with Gasteiger partial charge in [-0.15, -0.1) is 0 Å². The average Bonchev–Trinajstić information content (AvgIpc) is 3.47. The topological polar surface area (TPSA) is 47.4 Å². The van der Waals surface area contributed by atoms with E-state index in [1.807, 2.05) is 58.2 Å². The third-order valence-electron chi connectivity index (χ3n) is 6.08. The molecular weight excluding hydrogens is 362 g/mol. The van der Waals surface area contributed by atoms with E-state index < -0.39 is 0 Å². The molecule has 0 aliphatic heterocycles. The molecule has 0 N–H and O–H groups in total. The van der Waals surface area contributed by atoms with Crippen LogP contribution in [-0.4, -0.2) is 34.0 Å². The fraction of sp³-hybridized carbons (Fsp3) is 0.417. The fourth-order valence-corrected chi connectivity index (χ4v) is 3.67. The first-order chi connectivity index (χ1) is 14.0. The van der Waals surface area contributed by atoms with E-state index in [9.17, 15) is 4.79 Å². The second kappa shape index (κ2) is 7.90. The van der Waals surface area contributed by atoms with Gasteiger partial charge in [-0.2, -0.15) is 0 Å². The number of ether oxygens (including phenoxy) is 1. The van der Waals surface area contributed by atoms with Crippen LogP contribution >= 0.6 is 0 Å². The van der Waals surface area contributed by atoms with E-state index >= 15 is 0 Å². The molecule has 1 atom stereocenters. The van der Waals surface area contributed by atoms with Gasteiger partial charge in [-0.25, -0.2) is 4.98 Å². The van der Waals surface area contributed by atoms with Gasteiger partial charge in [-0.05, 0) is 68.9 Å². The number of benzene rings is 2. The predicted molar refractivity (Wildman–Crippen MR) is 115 cm³/mol. The summed E-state index contributed by atoms with van der Waals surface area (Å²) in [6.07, 6.45) is 2.55. The lowest BCUT2D eigenvalue weighted by Gasteiger charge is -2.25. The lowest BCUT2D eigenvalue weighted by atomic mass is 10.1. The van der Waals surface area contributed by atoms with Gasteiger partial charge in [0.15, 0.2) is 6.61 Å². The van der Waals surface area contributed by atoms with Crippen molar-refractivity contribution in [2.24, 2.45) is 5.92 Å². The van der Waals surface area contributed by atoms with Crippen molar-refractivity contribution < 1.29 is 9.53 Å². The van der Waals surface area contributed by atoms with E-state index in [0.29, 0.717) is 0 Å². The molecule has 152 valence electrons. The molecule has 0 saturated heterocycles. The highest BCUT2D eigenvalue weighted by Crippen LogP contribution is 2.34. The maximum atomic E-state index is 12.9. The number of aromatic nitrogens is 2. The Balaban J connectivity index is 1.51. The highest BCUT2D eigenvalue weighted by molar-refractivity contribution is 5.79. The van der Waals surface area contributed by atoms with Crippen molar-refractivity contribution in [3.05, 3.63) is 59.4 Å². The van der Waals surface area contributed by atoms with E-state index in [1.54, 1.807) is 4.90 Å². The van der Waals surface area contributed by atoms with Crippen molar-refractivity contribution in [1.29, 1.82) is 0 Å². The summed E-state index contributed by atoms with van der Waals surface area (Å²) in [6, 6.07) is 14.0. The number of carbonyl (C=O) groups is 1. The Morgan fingerprint density at radius 2 is 1.97 bits per heavy atom. The highest BCUT2D eigenvalue weighted by atomic mass is 16.5. The number of hydrogen-bond donors (Lipinski definition) is 0. The van der Waals surface area contributed by atoms with Gasteiger partial charge in [0, 0.05) is 13.6 Å². The summed E-state index contributed by atoms with van der Waals surface area (Å²) < 4.78 is 8.13. The van der Waals surface area contributed by atoms with Gasteiger partial charge in [0.25, 0.3) is 5.91 Å². The van der Waals surface area contributed by atoms with Crippen molar-refractivity contribution in [3.8, 4) is 5.75 Å². The molecule has 1 saturated carbocycles. The smallest absolute Gasteiger partial charge is 0.260 e. The molecule has 1 unspecified atom stereocenters. The monoisotopic (exact) mass is 391 g/mol. The van der Waals surface area contributed by atoms with E-state index in [4.69, 9.17) is 9.72 Å². The van der Waals surface area contributed by atoms with Gasteiger partial charge in [0.1, 0.15) is 11.6 Å². The molecule has 4 rings (SSSR count). The molecule has 0 spiro atoms. The van der Waals surface area contributed by atoms with Gasteiger partial charge in [0.2, 0.25) is 0 Å². The zero-order valence-corrected chi connectivity index (χ0v) is 17.7. The van der Waals surface area contributed by atoms with Gasteiger partial charge >= 0.3 is 0 Å². The predicted octanol–water partition coefficient (Wildman–Crippen LogP) is 4.66. The van der Waals surface area contributed by atoms with E-state index in [1.165, 1.54) is 12.8 Å². The molecule has 5 nitrogen and oxygen atoms in total. The van der Waals surface area contributed by atoms with Crippen LogP contribution in [0, 0.1) is 19.8 Å². The van der Waals surface area contributed by atoms with E-state index in [-0.39, 0.29) is 18.6 Å². The van der Waals surface area contributed by atoms with Crippen LogP contribution in [0.2, 0.25) is 0 Å². The number of imidazole rings is 1. The quantitative estimate of drug-likeness (QED) is 0.588. The number of aryl methyl sites for hydroxylation is 1. The summed E-state index contributed by atoms with van der Waals surface area (Å²) in [5, 5.41) is 0. The zero-order chi connectivity index (χ0) is 20.5. The number of nitrogens with zero attached hydrogens (tertiary/aromatic N) is 3. The summed E-state index contributed by atoms with van der Waals surface area (Å²) in [5.41, 5.74) is 4.36. The van der Waals surface area contributed by atoms with Gasteiger partial charge < -0.3 is 14.2 Å². The third kappa shape index (κ3) is 4.00. The minimum Gasteiger partial charge on any atom is -0.483 e. The standard InChI is InChI=1S/C24H29N3O2/c1-16-8-7-11-22(17(16)2)29-15-23(28)26(4)18(3)24-25-20-9-5-6-10-21(20)27(24)14-19-12-13-19/h5-11,18-19H,12-15H2,1-4H3. The maximum absolute atomic E-state index is 12.9. The van der Waals surface area contributed by atoms with Gasteiger partial charge in [-0.3, -0.25) is 4.79 Å². The molecule has 0 bridgehead atoms. The second-order valence-electron chi connectivity index (χ2n) is 8.18. The SMILES string of the molecule is Cc1cccc(OCC(=O)N(C)C(C)c2nc3ccccc3n2CC2CC2)c1C. The molecule has 1 heterocycles. The molecule has 1 aromatic heterocycles. The van der Waals surface area contributed by atoms with Crippen molar-refractivity contribution in [3.63, 3.8) is 0 Å². The van der Waals surface area contributed by atoms with Crippen LogP contribution in [0.15, 0.2) is 42.5 Å². The molecule has 5 heteroatoms. The third-order valence-corrected chi connectivity index (χ3v) is 6.08. The molecule has 1 aliphatic carbocycles. The van der Waals surface area contributed by atoms with Crippen molar-refractivity contribution in [2.75, 3.05) is 13.7 Å². The fourth-order valence-electron chi connectivity index (χ4n) is 3.67. The molecule has 29 heavy (non-hydrogen) atoms. The summed E-state index contributed by atoms with van der Waals surface area (Å²) in [5.74, 6) is 2.39. The first-order valence-corrected chi connectivity index (χ1v) is 10.4. The Bertz CT molecular complexity index is 1040. The van der Waals surface area contributed by atoms with E-state index in [0.717, 1.165) is 46.2 Å². The van der Waals surface area contributed by atoms with E-state index in [2.05, 4.69) is 16.7 Å². The molecule has 1 fully saturated rings. The number of carbonyl (C=O) groups excluding carboxylic acids is 1. The minimum absolute atomic E-state index is 0.0218. The van der Waals surface area contributed by atoms with Crippen LogP contribution in [0.1, 0.15) is 42.8 Å². The summed E-state index contributed by atoms with van der Waals surface area (Å²) >= 11 is 0. The normalized spacial score (nSPS) is 14.8. The minimum atomic E-state index is -0.129. The van der Waals surface area contributed by atoms with Crippen LogP contribution < -0.4 is 4.74 Å². The Morgan fingerprint density at radius 3 is 2.72 bits per heavy atom. The lowest BCUT2D eigenvalue weighted by Crippen LogP contribution is -2.35. The first-order valence-electron chi connectivity index (χ1n) is 10.4. The zero-order valence-electron chi connectivity index (χ0n) is 17.7. The van der Waals surface area contributed by atoms with Crippen LogP contribution in [0.25, 0.3) is 11.0 Å². The molecule has 3 aromatic rings. The number of likely N-dealkylation sites (N-methyl/N-ethyl adjacent to an activating group) is 1. The number of para-hydroxylation sites is 2. The van der Waals surface area contributed by atoms with Crippen molar-refractivity contribution in [2.45, 2.75) is 46.2 Å². The van der Waals surface area contributed by atoms with Crippen LogP contribution in [0.4, 0.5) is 0 Å². The Kier molecular flexibility index (Phi) is 5.31. The molecule has 0 radical (unpaired) electrons. The first kappa shape index (κ1) is 19.5. The van der Waals surface area contributed by atoms with Crippen LogP contribution in [0.5, 0.6) is 5.75 Å². The van der Waals surface area contributed by atoms with Crippen LogP contribution in [-0.2, 0) is 11.3 Å². The average molecular weight is 392 g/mol. The summed E-state index contributed by atoms with van der Waals surface area (Å²) in [6.45, 7) is 7.10. The number of hydrogen-bond acceptors (Lipinski definition) is 3. The Labute approximate surface area is 172 Å². The largest absolute Gasteiger partial charge is 0.483 e. The van der Waals surface area contributed by atoms with Gasteiger partial charge in [-0.1, -0.05) is 24.3 Å². The second-order valence-corrected chi connectivity index (χ2v) is 8.18. The molecule has 1 aliphatic rings. The molecular formula is C24H29N3O2. The van der Waals surface area contributed by atoms with Gasteiger partial charge in [0.05, 0.1) is 17.1 Å². The Hall–Kier alpha value is -2.82. The number of amides is 1. The van der Waals surface area contributed by atoms with Crippen molar-refractivity contribution in [1.82, 2.24) is 14.5 Å². The van der Waals surface area contributed by atoms with Crippen LogP contribution in [0.3, 0.4) is 0 Å². The number of fused-ring (bicyclic) bond motifs is 1. The molecule has 2 aromatic carbocycles. The summed E-state index contributed by atoms with van der Waals surface area (Å²) in [4.78, 5) is 19.5. The number of rotatable bonds is 7. The van der Waals surface area contributed by atoms with Crippen molar-refractivity contribution >= 4 is 16.9 Å². The maximum Gasteiger partial charge on any atom is 0.260 e. The lowest BCUT2D eigenvalue weighted by molar-refractivity contribution is -0.134. The highest BCUT2D eigenvalue weighted by Gasteiger charge is 2.28. The molecule has 1 amide bonds. The Morgan fingerprint density at radius 1 is 1.21 bits per heavy atom. The summed E-state index contributed by atoms with van der Waals surface area (Å²) in [7, 11) is 1.83.